The molecule has 0 amide bonds. The van der Waals surface area contributed by atoms with E-state index < -0.39 is 0 Å². The Hall–Kier alpha value is -8.18. The summed E-state index contributed by atoms with van der Waals surface area (Å²) in [5.41, 5.74) is 15.5. The number of hydrogen-bond donors (Lipinski definition) is 0. The number of benzene rings is 10. The van der Waals surface area contributed by atoms with Crippen LogP contribution in [-0.2, 0) is 0 Å². The van der Waals surface area contributed by atoms with Gasteiger partial charge in [0.2, 0.25) is 0 Å². The fourth-order valence-electron chi connectivity index (χ4n) is 9.81. The Kier molecular flexibility index (Phi) is 8.40. The van der Waals surface area contributed by atoms with Crippen LogP contribution in [0.15, 0.2) is 235 Å². The lowest BCUT2D eigenvalue weighted by atomic mass is 9.99. The second-order valence-electron chi connectivity index (χ2n) is 16.5. The number of nitrogens with zero attached hydrogens (tertiary/aromatic N) is 2. The molecule has 64 heavy (non-hydrogen) atoms. The first-order valence-corrected chi connectivity index (χ1v) is 22.6. The van der Waals surface area contributed by atoms with Crippen LogP contribution in [0, 0.1) is 0 Å². The van der Waals surface area contributed by atoms with Gasteiger partial charge in [-0.3, -0.25) is 0 Å². The molecule has 0 atom stereocenters. The third kappa shape index (κ3) is 5.88. The van der Waals surface area contributed by atoms with Gasteiger partial charge in [0.1, 0.15) is 11.2 Å². The van der Waals surface area contributed by atoms with Gasteiger partial charge >= 0.3 is 0 Å². The average molecular weight is 835 g/mol. The quantitative estimate of drug-likeness (QED) is 0.159. The van der Waals surface area contributed by atoms with Crippen molar-refractivity contribution in [2.75, 3.05) is 4.90 Å². The predicted octanol–water partition coefficient (Wildman–Crippen LogP) is 17.5. The number of fused-ring (bicyclic) bond motifs is 9. The van der Waals surface area contributed by atoms with Gasteiger partial charge in [-0.2, -0.15) is 0 Å². The topological polar surface area (TPSA) is 21.3 Å². The Morgan fingerprint density at radius 3 is 1.75 bits per heavy atom. The molecule has 3 aromatic heterocycles. The van der Waals surface area contributed by atoms with E-state index in [0.717, 1.165) is 55.8 Å². The first-order chi connectivity index (χ1) is 31.7. The van der Waals surface area contributed by atoms with Crippen molar-refractivity contribution in [3.8, 4) is 39.1 Å². The third-order valence-corrected chi connectivity index (χ3v) is 14.0. The van der Waals surface area contributed by atoms with Gasteiger partial charge in [0, 0.05) is 75.6 Å². The second kappa shape index (κ2) is 14.7. The maximum atomic E-state index is 6.57. The van der Waals surface area contributed by atoms with Crippen LogP contribution in [-0.4, -0.2) is 4.57 Å². The van der Waals surface area contributed by atoms with Crippen LogP contribution in [0.25, 0.3) is 103 Å². The van der Waals surface area contributed by atoms with E-state index in [2.05, 4.69) is 234 Å². The van der Waals surface area contributed by atoms with Gasteiger partial charge in [-0.05, 0) is 95.1 Å². The molecule has 0 fully saturated rings. The minimum absolute atomic E-state index is 0.896. The van der Waals surface area contributed by atoms with Gasteiger partial charge in [0.15, 0.2) is 0 Å². The molecular formula is C60H38N2OS. The largest absolute Gasteiger partial charge is 0.455 e. The molecule has 0 aliphatic carbocycles. The van der Waals surface area contributed by atoms with E-state index >= 15 is 0 Å². The number of aromatic nitrogens is 1. The Morgan fingerprint density at radius 2 is 0.969 bits per heavy atom. The predicted molar refractivity (Wildman–Crippen MR) is 272 cm³/mol. The lowest BCUT2D eigenvalue weighted by molar-refractivity contribution is 0.670. The number of hydrogen-bond acceptors (Lipinski definition) is 3. The molecule has 0 spiro atoms. The van der Waals surface area contributed by atoms with E-state index in [0.29, 0.717) is 0 Å². The third-order valence-electron chi connectivity index (χ3n) is 12.8. The van der Waals surface area contributed by atoms with Crippen molar-refractivity contribution in [2.24, 2.45) is 0 Å². The number of rotatable bonds is 7. The maximum Gasteiger partial charge on any atom is 0.143 e. The van der Waals surface area contributed by atoms with Crippen LogP contribution in [0.5, 0.6) is 0 Å². The SMILES string of the molecule is c1ccc(-c2ccc(N(c3cccc(-c4cccc5c4oc4ccccc45)c3)c3cc(-c4ccc(-n5c6ccccc6c6ccccc65)cc4)c4sc5ccccc5c4c3)cc2)cc1. The van der Waals surface area contributed by atoms with E-state index in [4.69, 9.17) is 4.42 Å². The average Bonchev–Trinajstić information content (AvgIpc) is 4.05. The van der Waals surface area contributed by atoms with Crippen molar-refractivity contribution < 1.29 is 4.42 Å². The fraction of sp³-hybridized carbons (Fsp3) is 0. The molecule has 0 saturated carbocycles. The summed E-state index contributed by atoms with van der Waals surface area (Å²) < 4.78 is 11.5. The van der Waals surface area contributed by atoms with E-state index in [9.17, 15) is 0 Å². The number of furan rings is 1. The summed E-state index contributed by atoms with van der Waals surface area (Å²) in [4.78, 5) is 2.42. The van der Waals surface area contributed by atoms with E-state index in [-0.39, 0.29) is 0 Å². The van der Waals surface area contributed by atoms with Crippen LogP contribution in [0.4, 0.5) is 17.1 Å². The maximum absolute atomic E-state index is 6.57. The highest BCUT2D eigenvalue weighted by molar-refractivity contribution is 7.26. The van der Waals surface area contributed by atoms with Crippen LogP contribution >= 0.6 is 11.3 Å². The van der Waals surface area contributed by atoms with Gasteiger partial charge < -0.3 is 13.9 Å². The molecule has 13 aromatic rings. The van der Waals surface area contributed by atoms with Crippen molar-refractivity contribution in [1.82, 2.24) is 4.57 Å². The zero-order valence-corrected chi connectivity index (χ0v) is 35.5. The fourth-order valence-corrected chi connectivity index (χ4v) is 11.0. The van der Waals surface area contributed by atoms with E-state index in [1.807, 2.05) is 17.4 Å². The van der Waals surface area contributed by atoms with Crippen molar-refractivity contribution in [1.29, 1.82) is 0 Å². The van der Waals surface area contributed by atoms with Gasteiger partial charge in [0.25, 0.3) is 0 Å². The van der Waals surface area contributed by atoms with Gasteiger partial charge in [0.05, 0.1) is 11.0 Å². The Balaban J connectivity index is 1.01. The van der Waals surface area contributed by atoms with E-state index in [1.54, 1.807) is 0 Å². The zero-order chi connectivity index (χ0) is 42.1. The highest BCUT2D eigenvalue weighted by Crippen LogP contribution is 2.47. The monoisotopic (exact) mass is 834 g/mol. The van der Waals surface area contributed by atoms with Crippen LogP contribution in [0.2, 0.25) is 0 Å². The van der Waals surface area contributed by atoms with Crippen molar-refractivity contribution >= 4 is 92.3 Å². The summed E-state index contributed by atoms with van der Waals surface area (Å²) in [7, 11) is 0. The summed E-state index contributed by atoms with van der Waals surface area (Å²) in [5.74, 6) is 0. The summed E-state index contributed by atoms with van der Waals surface area (Å²) in [6.07, 6.45) is 0. The number of anilines is 3. The molecule has 4 heteroatoms. The molecule has 0 bridgehead atoms. The lowest BCUT2D eigenvalue weighted by Gasteiger charge is -2.27. The Labute approximate surface area is 373 Å². The number of para-hydroxylation sites is 4. The van der Waals surface area contributed by atoms with Crippen molar-refractivity contribution in [3.63, 3.8) is 0 Å². The summed E-state index contributed by atoms with van der Waals surface area (Å²) in [6, 6.07) is 83.4. The molecule has 300 valence electrons. The molecule has 0 saturated heterocycles. The minimum Gasteiger partial charge on any atom is -0.455 e. The van der Waals surface area contributed by atoms with Gasteiger partial charge in [-0.1, -0.05) is 158 Å². The molecule has 3 heterocycles. The van der Waals surface area contributed by atoms with E-state index in [1.165, 1.54) is 64.2 Å². The standard InChI is InChI=1S/C60H38N2OS/c1-2-14-39(15-3-1)40-28-32-43(33-29-40)61(45-17-12-16-42(36-45)47-22-13-23-52-50-20-6-10-26-57(50)63-59(47)52)46-37-53(60-54(38-46)51-21-7-11-27-58(51)64-60)41-30-34-44(35-31-41)62-55-24-8-4-18-48(55)49-19-5-9-25-56(49)62/h1-38H. The van der Waals surface area contributed by atoms with Crippen LogP contribution in [0.3, 0.4) is 0 Å². The normalized spacial score (nSPS) is 11.8. The molecule has 0 unspecified atom stereocenters. The molecule has 13 rings (SSSR count). The lowest BCUT2D eigenvalue weighted by Crippen LogP contribution is -2.10. The smallest absolute Gasteiger partial charge is 0.143 e. The zero-order valence-electron chi connectivity index (χ0n) is 34.7. The summed E-state index contributed by atoms with van der Waals surface area (Å²) >= 11 is 1.87. The summed E-state index contributed by atoms with van der Waals surface area (Å²) in [6.45, 7) is 0. The van der Waals surface area contributed by atoms with Crippen LogP contribution in [0.1, 0.15) is 0 Å². The molecule has 0 aliphatic heterocycles. The Morgan fingerprint density at radius 1 is 0.359 bits per heavy atom. The Bertz CT molecular complexity index is 3840. The minimum atomic E-state index is 0.896. The first kappa shape index (κ1) is 36.5. The van der Waals surface area contributed by atoms with Crippen molar-refractivity contribution in [3.05, 3.63) is 231 Å². The summed E-state index contributed by atoms with van der Waals surface area (Å²) in [5, 5.41) is 7.28. The highest BCUT2D eigenvalue weighted by atomic mass is 32.1. The molecule has 10 aromatic carbocycles. The van der Waals surface area contributed by atoms with Gasteiger partial charge in [-0.15, -0.1) is 11.3 Å². The van der Waals surface area contributed by atoms with Crippen molar-refractivity contribution in [2.45, 2.75) is 0 Å². The second-order valence-corrected chi connectivity index (χ2v) is 17.5. The molecule has 0 N–H and O–H groups in total. The highest BCUT2D eigenvalue weighted by Gasteiger charge is 2.21. The molecule has 0 radical (unpaired) electrons. The molecule has 0 aliphatic rings. The number of thiophene rings is 1. The first-order valence-electron chi connectivity index (χ1n) is 21.7. The van der Waals surface area contributed by atoms with Crippen LogP contribution < -0.4 is 4.90 Å². The van der Waals surface area contributed by atoms with Gasteiger partial charge in [-0.25, -0.2) is 0 Å². The molecular weight excluding hydrogens is 797 g/mol. The molecule has 3 nitrogen and oxygen atoms in total.